The molecule has 2 aromatic carbocycles. The van der Waals surface area contributed by atoms with Gasteiger partial charge in [-0.3, -0.25) is 14.4 Å². The van der Waals surface area contributed by atoms with Gasteiger partial charge in [-0.2, -0.15) is 0 Å². The topological polar surface area (TPSA) is 91.5 Å². The molecule has 38 heavy (non-hydrogen) atoms. The van der Waals surface area contributed by atoms with Crippen molar-refractivity contribution in [1.82, 2.24) is 15.2 Å². The minimum atomic E-state index is -2.91. The summed E-state index contributed by atoms with van der Waals surface area (Å²) in [6.45, 7) is 0.143. The van der Waals surface area contributed by atoms with E-state index in [4.69, 9.17) is 16.3 Å². The highest BCUT2D eigenvalue weighted by Crippen LogP contribution is 2.43. The highest BCUT2D eigenvalue weighted by Gasteiger charge is 2.51. The number of amides is 2. The second-order valence-electron chi connectivity index (χ2n) is 9.30. The maximum absolute atomic E-state index is 13.9. The molecule has 0 saturated heterocycles. The summed E-state index contributed by atoms with van der Waals surface area (Å²) >= 11 is 5.94. The van der Waals surface area contributed by atoms with E-state index in [0.29, 0.717) is 22.8 Å². The van der Waals surface area contributed by atoms with Gasteiger partial charge in [-0.25, -0.2) is 8.78 Å². The average Bonchev–Trinajstić information content (AvgIpc) is 2.89. The first-order valence-electron chi connectivity index (χ1n) is 12.2. The number of H-pyrrole nitrogens is 1. The molecule has 1 heterocycles. The summed E-state index contributed by atoms with van der Waals surface area (Å²) in [5.41, 5.74) is 1.58. The molecule has 0 bridgehead atoms. The zero-order valence-electron chi connectivity index (χ0n) is 20.8. The average molecular weight is 544 g/mol. The van der Waals surface area contributed by atoms with Gasteiger partial charge in [0.25, 0.3) is 5.92 Å². The third-order valence-corrected chi connectivity index (χ3v) is 6.82. The summed E-state index contributed by atoms with van der Waals surface area (Å²) in [7, 11) is 1.56. The van der Waals surface area contributed by atoms with Crippen LogP contribution in [0, 0.1) is 0 Å². The Morgan fingerprint density at radius 2 is 1.74 bits per heavy atom. The quantitative estimate of drug-likeness (QED) is 0.389. The van der Waals surface area contributed by atoms with Gasteiger partial charge in [0.05, 0.1) is 7.11 Å². The first kappa shape index (κ1) is 27.3. The number of carbonyl (C=O) groups excluding carboxylic acids is 2. The van der Waals surface area contributed by atoms with Crippen molar-refractivity contribution in [3.05, 3.63) is 98.9 Å². The molecule has 7 nitrogen and oxygen atoms in total. The Bertz CT molecular complexity index is 1300. The van der Waals surface area contributed by atoms with Crippen LogP contribution in [-0.2, 0) is 22.6 Å². The lowest BCUT2D eigenvalue weighted by atomic mass is 9.84. The maximum Gasteiger partial charge on any atom is 0.252 e. The van der Waals surface area contributed by atoms with E-state index in [2.05, 4.69) is 10.3 Å². The van der Waals surface area contributed by atoms with E-state index in [-0.39, 0.29) is 18.5 Å². The smallest absolute Gasteiger partial charge is 0.252 e. The van der Waals surface area contributed by atoms with Crippen LogP contribution in [-0.4, -0.2) is 40.8 Å². The zero-order chi connectivity index (χ0) is 27.3. The number of aromatic amines is 1. The van der Waals surface area contributed by atoms with Gasteiger partial charge < -0.3 is 19.9 Å². The first-order chi connectivity index (χ1) is 18.1. The molecule has 0 aliphatic heterocycles. The number of hydrogen-bond donors (Lipinski definition) is 2. The number of alkyl halides is 2. The van der Waals surface area contributed by atoms with E-state index in [9.17, 15) is 23.2 Å². The summed E-state index contributed by atoms with van der Waals surface area (Å²) in [6, 6.07) is 14.7. The lowest BCUT2D eigenvalue weighted by Gasteiger charge is -2.45. The summed E-state index contributed by atoms with van der Waals surface area (Å²) in [5.74, 6) is -3.21. The molecule has 200 valence electrons. The molecule has 1 fully saturated rings. The van der Waals surface area contributed by atoms with Gasteiger partial charge in [0.15, 0.2) is 0 Å². The first-order valence-corrected chi connectivity index (χ1v) is 12.6. The number of aryl methyl sites for hydroxylation is 1. The normalized spacial score (nSPS) is 15.3. The van der Waals surface area contributed by atoms with Crippen molar-refractivity contribution in [1.29, 1.82) is 0 Å². The van der Waals surface area contributed by atoms with Crippen LogP contribution in [0.3, 0.4) is 0 Å². The van der Waals surface area contributed by atoms with Crippen LogP contribution in [0.2, 0.25) is 5.02 Å². The lowest BCUT2D eigenvalue weighted by molar-refractivity contribution is -0.164. The monoisotopic (exact) mass is 543 g/mol. The molecule has 2 N–H and O–H groups in total. The largest absolute Gasteiger partial charge is 0.497 e. The Hall–Kier alpha value is -3.72. The van der Waals surface area contributed by atoms with E-state index < -0.39 is 42.7 Å². The van der Waals surface area contributed by atoms with Crippen molar-refractivity contribution in [3.63, 3.8) is 0 Å². The number of methoxy groups -OCH3 is 1. The minimum absolute atomic E-state index is 0.0126. The van der Waals surface area contributed by atoms with Gasteiger partial charge >= 0.3 is 0 Å². The van der Waals surface area contributed by atoms with Crippen LogP contribution in [0.4, 0.5) is 8.78 Å². The van der Waals surface area contributed by atoms with E-state index >= 15 is 0 Å². The number of benzene rings is 2. The molecule has 1 atom stereocenters. The summed E-state index contributed by atoms with van der Waals surface area (Å²) in [4.78, 5) is 42.6. The second-order valence-corrected chi connectivity index (χ2v) is 9.74. The molecular formula is C28H28ClF2N3O4. The number of nitrogens with zero attached hydrogens (tertiary/aromatic N) is 1. The number of aromatic nitrogens is 1. The highest BCUT2D eigenvalue weighted by atomic mass is 35.5. The Morgan fingerprint density at radius 3 is 2.32 bits per heavy atom. The fourth-order valence-electron chi connectivity index (χ4n) is 4.48. The molecule has 2 amide bonds. The third kappa shape index (κ3) is 6.77. The number of carbonyl (C=O) groups is 2. The molecule has 1 aliphatic rings. The number of halogens is 3. The van der Waals surface area contributed by atoms with Crippen LogP contribution in [0.15, 0.2) is 71.7 Å². The van der Waals surface area contributed by atoms with Crippen LogP contribution >= 0.6 is 11.6 Å². The molecule has 0 radical (unpaired) electrons. The van der Waals surface area contributed by atoms with Gasteiger partial charge in [-0.05, 0) is 47.9 Å². The van der Waals surface area contributed by atoms with Crippen molar-refractivity contribution in [2.45, 2.75) is 50.2 Å². The fraction of sp³-hybridized carbons (Fsp3) is 0.321. The van der Waals surface area contributed by atoms with Crippen molar-refractivity contribution in [2.24, 2.45) is 0 Å². The molecule has 0 spiro atoms. The van der Waals surface area contributed by atoms with Gasteiger partial charge in [0, 0.05) is 54.7 Å². The standard InChI is InChI=1S/C28H28ClF2N3O4/c1-38-23-10-4-18(5-11-23)6-13-25(36)34(22-14-28(30,31)15-22)26(20-7-12-24(35)32-17-20)27(37)33-16-19-2-8-21(29)9-3-19/h2-5,7-12,17,22,26H,6,13-16H2,1H3,(H,32,35)(H,33,37). The lowest BCUT2D eigenvalue weighted by Crippen LogP contribution is -2.56. The molecule has 1 saturated carbocycles. The molecule has 1 unspecified atom stereocenters. The predicted molar refractivity (Wildman–Crippen MR) is 139 cm³/mol. The number of rotatable bonds is 10. The Kier molecular flexibility index (Phi) is 8.46. The Morgan fingerprint density at radius 1 is 1.08 bits per heavy atom. The van der Waals surface area contributed by atoms with Crippen molar-refractivity contribution >= 4 is 23.4 Å². The van der Waals surface area contributed by atoms with E-state index in [1.165, 1.54) is 23.2 Å². The van der Waals surface area contributed by atoms with Crippen LogP contribution in [0.25, 0.3) is 0 Å². The molecule has 4 rings (SSSR count). The van der Waals surface area contributed by atoms with E-state index in [1.54, 1.807) is 43.5 Å². The number of hydrogen-bond acceptors (Lipinski definition) is 4. The van der Waals surface area contributed by atoms with Crippen LogP contribution in [0.5, 0.6) is 5.75 Å². The van der Waals surface area contributed by atoms with Crippen LogP contribution < -0.4 is 15.6 Å². The molecule has 1 aliphatic carbocycles. The number of nitrogens with one attached hydrogen (secondary N) is 2. The van der Waals surface area contributed by atoms with Gasteiger partial charge in [-0.15, -0.1) is 0 Å². The highest BCUT2D eigenvalue weighted by molar-refractivity contribution is 6.30. The van der Waals surface area contributed by atoms with Gasteiger partial charge in [0.2, 0.25) is 17.4 Å². The molecule has 3 aromatic rings. The summed E-state index contributed by atoms with van der Waals surface area (Å²) in [5, 5.41) is 3.35. The van der Waals surface area contributed by atoms with E-state index in [0.717, 1.165) is 11.1 Å². The Balaban J connectivity index is 1.59. The Labute approximate surface area is 223 Å². The van der Waals surface area contributed by atoms with Crippen molar-refractivity contribution in [2.75, 3.05) is 7.11 Å². The van der Waals surface area contributed by atoms with Gasteiger partial charge in [0.1, 0.15) is 11.8 Å². The number of pyridine rings is 1. The fourth-order valence-corrected chi connectivity index (χ4v) is 4.60. The zero-order valence-corrected chi connectivity index (χ0v) is 21.5. The molecular weight excluding hydrogens is 516 g/mol. The summed E-state index contributed by atoms with van der Waals surface area (Å²) < 4.78 is 33.1. The molecule has 1 aromatic heterocycles. The minimum Gasteiger partial charge on any atom is -0.497 e. The van der Waals surface area contributed by atoms with Crippen molar-refractivity contribution < 1.29 is 23.1 Å². The van der Waals surface area contributed by atoms with E-state index in [1.807, 2.05) is 12.1 Å². The van der Waals surface area contributed by atoms with Crippen molar-refractivity contribution in [3.8, 4) is 5.75 Å². The maximum atomic E-state index is 13.9. The summed E-state index contributed by atoms with van der Waals surface area (Å²) in [6.07, 6.45) is 0.637. The second kappa shape index (κ2) is 11.8. The SMILES string of the molecule is COc1ccc(CCC(=O)N(C2CC(F)(F)C2)C(C(=O)NCc2ccc(Cl)cc2)c2ccc(=O)[nH]c2)cc1. The number of ether oxygens (including phenoxy) is 1. The van der Waals surface area contributed by atoms with Crippen LogP contribution in [0.1, 0.15) is 42.0 Å². The molecule has 10 heteroatoms. The van der Waals surface area contributed by atoms with Gasteiger partial charge in [-0.1, -0.05) is 35.9 Å². The third-order valence-electron chi connectivity index (χ3n) is 6.57. The predicted octanol–water partition coefficient (Wildman–Crippen LogP) is 4.65.